The molecule has 3 aromatic rings. The number of carbonyl (C=O) groups is 1. The highest BCUT2D eigenvalue weighted by Gasteiger charge is 2.28. The number of benzene rings is 2. The first kappa shape index (κ1) is 23.2. The van der Waals surface area contributed by atoms with Crippen LogP contribution < -0.4 is 10.2 Å². The van der Waals surface area contributed by atoms with Gasteiger partial charge in [0.1, 0.15) is 0 Å². The number of carbonyl (C=O) groups excluding carboxylic acids is 1. The number of anilines is 1. The lowest BCUT2D eigenvalue weighted by molar-refractivity contribution is -0.121. The van der Waals surface area contributed by atoms with Gasteiger partial charge in [0.05, 0.1) is 10.1 Å². The summed E-state index contributed by atoms with van der Waals surface area (Å²) in [6, 6.07) is 15.2. The highest BCUT2D eigenvalue weighted by molar-refractivity contribution is 7.92. The Balaban J connectivity index is 1.34. The van der Waals surface area contributed by atoms with Crippen LogP contribution in [0.3, 0.4) is 0 Å². The van der Waals surface area contributed by atoms with Crippen molar-refractivity contribution in [1.29, 1.82) is 0 Å². The maximum Gasteiger partial charge on any atom is 0.221 e. The van der Waals surface area contributed by atoms with Crippen LogP contribution in [0.15, 0.2) is 59.6 Å². The molecule has 1 fully saturated rings. The number of sulfone groups is 1. The van der Waals surface area contributed by atoms with E-state index in [2.05, 4.69) is 21.3 Å². The van der Waals surface area contributed by atoms with Crippen molar-refractivity contribution >= 4 is 32.2 Å². The molecule has 1 N–H and O–H groups in total. The van der Waals surface area contributed by atoms with Gasteiger partial charge in [-0.05, 0) is 68.7 Å². The molecule has 0 aliphatic carbocycles. The summed E-state index contributed by atoms with van der Waals surface area (Å²) in [6.07, 6.45) is 3.44. The van der Waals surface area contributed by atoms with Crippen LogP contribution in [0.2, 0.25) is 0 Å². The first-order valence-electron chi connectivity index (χ1n) is 11.4. The first-order chi connectivity index (χ1) is 15.7. The van der Waals surface area contributed by atoms with Crippen molar-refractivity contribution in [2.24, 2.45) is 0 Å². The summed E-state index contributed by atoms with van der Waals surface area (Å²) in [5.74, 6) is -0.208. The van der Waals surface area contributed by atoms with E-state index in [-0.39, 0.29) is 23.3 Å². The van der Waals surface area contributed by atoms with Crippen LogP contribution in [0.1, 0.15) is 37.4 Å². The van der Waals surface area contributed by atoms with Crippen LogP contribution >= 0.6 is 0 Å². The van der Waals surface area contributed by atoms with Gasteiger partial charge in [0, 0.05) is 43.1 Å². The Morgan fingerprint density at radius 2 is 1.76 bits per heavy atom. The van der Waals surface area contributed by atoms with Crippen molar-refractivity contribution in [2.75, 3.05) is 18.0 Å². The standard InChI is InChI=1S/C26H31N3O3S/c1-18-4-5-22-17-25(7-6-21(22)14-18)33(31,32)20(3)16-26(30)28-23-9-12-29(13-10-23)24-8-11-27-19(2)15-24/h4-8,11,14-15,17,20,23H,9-10,12-13,16H2,1-3H3,(H,28,30). The van der Waals surface area contributed by atoms with Crippen LogP contribution in [0, 0.1) is 13.8 Å². The van der Waals surface area contributed by atoms with Gasteiger partial charge < -0.3 is 10.2 Å². The zero-order chi connectivity index (χ0) is 23.6. The second kappa shape index (κ2) is 9.51. The quantitative estimate of drug-likeness (QED) is 0.591. The maximum absolute atomic E-state index is 13.1. The third kappa shape index (κ3) is 5.36. The molecule has 1 atom stereocenters. The number of nitrogens with one attached hydrogen (secondary N) is 1. The van der Waals surface area contributed by atoms with Gasteiger partial charge in [0.2, 0.25) is 5.91 Å². The summed E-state index contributed by atoms with van der Waals surface area (Å²) in [7, 11) is -3.60. The summed E-state index contributed by atoms with van der Waals surface area (Å²) in [4.78, 5) is 19.5. The number of nitrogens with zero attached hydrogens (tertiary/aromatic N) is 2. The Morgan fingerprint density at radius 1 is 1.06 bits per heavy atom. The van der Waals surface area contributed by atoms with E-state index >= 15 is 0 Å². The third-order valence-electron chi connectivity index (χ3n) is 6.40. The number of hydrogen-bond acceptors (Lipinski definition) is 5. The number of rotatable bonds is 6. The topological polar surface area (TPSA) is 79.4 Å². The molecule has 1 aliphatic heterocycles. The average molecular weight is 466 g/mol. The smallest absolute Gasteiger partial charge is 0.221 e. The van der Waals surface area contributed by atoms with Crippen LogP contribution in [0.25, 0.3) is 10.8 Å². The zero-order valence-corrected chi connectivity index (χ0v) is 20.2. The summed E-state index contributed by atoms with van der Waals surface area (Å²) in [5.41, 5.74) is 3.27. The predicted octanol–water partition coefficient (Wildman–Crippen LogP) is 4.19. The Labute approximate surface area is 195 Å². The molecule has 2 aromatic carbocycles. The first-order valence-corrected chi connectivity index (χ1v) is 13.0. The molecular formula is C26H31N3O3S. The second-order valence-corrected chi connectivity index (χ2v) is 11.4. The van der Waals surface area contributed by atoms with E-state index in [0.29, 0.717) is 0 Å². The largest absolute Gasteiger partial charge is 0.371 e. The molecule has 1 aromatic heterocycles. The second-order valence-electron chi connectivity index (χ2n) is 9.06. The summed E-state index contributed by atoms with van der Waals surface area (Å²) >= 11 is 0. The van der Waals surface area contributed by atoms with Crippen LogP contribution in [-0.2, 0) is 14.6 Å². The summed E-state index contributed by atoms with van der Waals surface area (Å²) < 4.78 is 26.2. The van der Waals surface area contributed by atoms with Crippen LogP contribution in [-0.4, -0.2) is 43.7 Å². The molecule has 0 bridgehead atoms. The number of aryl methyl sites for hydroxylation is 2. The van der Waals surface area contributed by atoms with E-state index in [4.69, 9.17) is 0 Å². The number of fused-ring (bicyclic) bond motifs is 1. The lowest BCUT2D eigenvalue weighted by Gasteiger charge is -2.34. The Morgan fingerprint density at radius 3 is 2.48 bits per heavy atom. The number of pyridine rings is 1. The fraction of sp³-hybridized carbons (Fsp3) is 0.385. The molecule has 0 spiro atoms. The minimum absolute atomic E-state index is 0.0436. The Bertz CT molecular complexity index is 1260. The van der Waals surface area contributed by atoms with Gasteiger partial charge in [-0.3, -0.25) is 9.78 Å². The summed E-state index contributed by atoms with van der Waals surface area (Å²) in [5, 5.41) is 4.15. The minimum atomic E-state index is -3.60. The lowest BCUT2D eigenvalue weighted by Crippen LogP contribution is -2.45. The van der Waals surface area contributed by atoms with Gasteiger partial charge >= 0.3 is 0 Å². The SMILES string of the molecule is Cc1ccc2cc(S(=O)(=O)C(C)CC(=O)NC3CCN(c4ccnc(C)c4)CC3)ccc2c1. The van der Waals surface area contributed by atoms with E-state index in [1.807, 2.05) is 50.4 Å². The van der Waals surface area contributed by atoms with Gasteiger partial charge in [-0.15, -0.1) is 0 Å². The van der Waals surface area contributed by atoms with Crippen molar-refractivity contribution in [2.45, 2.75) is 56.2 Å². The molecule has 2 heterocycles. The van der Waals surface area contributed by atoms with E-state index in [9.17, 15) is 13.2 Å². The van der Waals surface area contributed by atoms with Gasteiger partial charge in [-0.25, -0.2) is 8.42 Å². The highest BCUT2D eigenvalue weighted by Crippen LogP contribution is 2.25. The van der Waals surface area contributed by atoms with E-state index in [1.165, 1.54) is 0 Å². The molecular weight excluding hydrogens is 434 g/mol. The third-order valence-corrected chi connectivity index (χ3v) is 8.54. The molecule has 174 valence electrons. The molecule has 7 heteroatoms. The van der Waals surface area contributed by atoms with Gasteiger partial charge in [-0.2, -0.15) is 0 Å². The molecule has 1 aliphatic rings. The zero-order valence-electron chi connectivity index (χ0n) is 19.4. The number of aromatic nitrogens is 1. The normalized spacial score (nSPS) is 16.0. The Kier molecular flexibility index (Phi) is 6.70. The van der Waals surface area contributed by atoms with E-state index in [1.54, 1.807) is 19.1 Å². The lowest BCUT2D eigenvalue weighted by atomic mass is 10.0. The average Bonchev–Trinajstić information content (AvgIpc) is 2.79. The maximum atomic E-state index is 13.1. The van der Waals surface area contributed by atoms with Crippen LogP contribution in [0.4, 0.5) is 5.69 Å². The van der Waals surface area contributed by atoms with E-state index < -0.39 is 15.1 Å². The Hall–Kier alpha value is -2.93. The van der Waals surface area contributed by atoms with E-state index in [0.717, 1.165) is 53.6 Å². The minimum Gasteiger partial charge on any atom is -0.371 e. The molecule has 1 unspecified atom stereocenters. The van der Waals surface area contributed by atoms with Gasteiger partial charge in [0.25, 0.3) is 0 Å². The molecule has 1 saturated heterocycles. The fourth-order valence-electron chi connectivity index (χ4n) is 4.42. The summed E-state index contributed by atoms with van der Waals surface area (Å²) in [6.45, 7) is 7.29. The van der Waals surface area contributed by atoms with Crippen molar-refractivity contribution in [3.05, 3.63) is 66.0 Å². The highest BCUT2D eigenvalue weighted by atomic mass is 32.2. The van der Waals surface area contributed by atoms with Crippen molar-refractivity contribution < 1.29 is 13.2 Å². The predicted molar refractivity (Wildman–Crippen MR) is 132 cm³/mol. The molecule has 4 rings (SSSR count). The molecule has 33 heavy (non-hydrogen) atoms. The molecule has 0 saturated carbocycles. The number of piperidine rings is 1. The van der Waals surface area contributed by atoms with Gasteiger partial charge in [0.15, 0.2) is 9.84 Å². The van der Waals surface area contributed by atoms with Crippen molar-refractivity contribution in [3.63, 3.8) is 0 Å². The number of hydrogen-bond donors (Lipinski definition) is 1. The molecule has 0 radical (unpaired) electrons. The fourth-order valence-corrected chi connectivity index (χ4v) is 5.80. The van der Waals surface area contributed by atoms with Gasteiger partial charge in [-0.1, -0.05) is 29.8 Å². The van der Waals surface area contributed by atoms with Crippen LogP contribution in [0.5, 0.6) is 0 Å². The molecule has 1 amide bonds. The monoisotopic (exact) mass is 465 g/mol. The van der Waals surface area contributed by atoms with Crippen molar-refractivity contribution in [3.8, 4) is 0 Å². The van der Waals surface area contributed by atoms with Crippen molar-refractivity contribution in [1.82, 2.24) is 10.3 Å². The number of amides is 1. The molecule has 6 nitrogen and oxygen atoms in total.